The van der Waals surface area contributed by atoms with E-state index in [0.717, 1.165) is 25.7 Å². The van der Waals surface area contributed by atoms with Gasteiger partial charge in [-0.15, -0.1) is 0 Å². The van der Waals surface area contributed by atoms with E-state index in [1.807, 2.05) is 0 Å². The van der Waals surface area contributed by atoms with E-state index >= 15 is 0 Å². The van der Waals surface area contributed by atoms with Gasteiger partial charge in [-0.05, 0) is 102 Å². The molecule has 202 valence electrons. The van der Waals surface area contributed by atoms with Crippen LogP contribution >= 0.6 is 0 Å². The highest BCUT2D eigenvalue weighted by molar-refractivity contribution is 5.84. The molecule has 2 nitrogen and oxygen atoms in total. The summed E-state index contributed by atoms with van der Waals surface area (Å²) in [5.41, 5.74) is 15.1. The predicted molar refractivity (Wildman–Crippen MR) is 178 cm³/mol. The van der Waals surface area contributed by atoms with Crippen molar-refractivity contribution in [2.45, 2.75) is 25.7 Å². The van der Waals surface area contributed by atoms with Crippen molar-refractivity contribution < 1.29 is 0 Å². The summed E-state index contributed by atoms with van der Waals surface area (Å²) in [5, 5.41) is 0. The van der Waals surface area contributed by atoms with E-state index in [1.54, 1.807) is 0 Å². The van der Waals surface area contributed by atoms with Gasteiger partial charge in [-0.25, -0.2) is 0 Å². The zero-order chi connectivity index (χ0) is 27.9. The van der Waals surface area contributed by atoms with Gasteiger partial charge in [-0.2, -0.15) is 0 Å². The second-order valence-corrected chi connectivity index (χ2v) is 11.2. The SMILES string of the molecule is C1=CC2=C(C=Cc3ccccc3N2c2ccc(-c3ccc(N4C5=C(C=CCC5)C=Cc5ccccc54)cc3)cc2)CC1. The third-order valence-corrected chi connectivity index (χ3v) is 8.72. The zero-order valence-electron chi connectivity index (χ0n) is 23.6. The Bertz CT molecular complexity index is 1860. The number of allylic oxidation sites excluding steroid dienone is 9. The summed E-state index contributed by atoms with van der Waals surface area (Å²) < 4.78 is 0. The van der Waals surface area contributed by atoms with E-state index in [0.29, 0.717) is 0 Å². The molecule has 0 unspecified atom stereocenters. The fraction of sp³-hybridized carbons (Fsp3) is 0.100. The van der Waals surface area contributed by atoms with Gasteiger partial charge in [0.2, 0.25) is 0 Å². The molecular weight excluding hydrogens is 508 g/mol. The summed E-state index contributed by atoms with van der Waals surface area (Å²) in [4.78, 5) is 4.87. The van der Waals surface area contributed by atoms with Crippen molar-refractivity contribution in [3.8, 4) is 11.1 Å². The maximum atomic E-state index is 2.45. The first-order chi connectivity index (χ1) is 20.8. The lowest BCUT2D eigenvalue weighted by molar-refractivity contribution is 0.907. The van der Waals surface area contributed by atoms with Crippen molar-refractivity contribution in [2.75, 3.05) is 9.80 Å². The summed E-state index contributed by atoms with van der Waals surface area (Å²) >= 11 is 0. The molecule has 4 aromatic carbocycles. The first-order valence-corrected chi connectivity index (χ1v) is 15.0. The summed E-state index contributed by atoms with van der Waals surface area (Å²) in [7, 11) is 0. The Morgan fingerprint density at radius 3 is 1.74 bits per heavy atom. The summed E-state index contributed by atoms with van der Waals surface area (Å²) in [6, 6.07) is 35.5. The molecule has 0 fully saturated rings. The zero-order valence-corrected chi connectivity index (χ0v) is 23.6. The van der Waals surface area contributed by atoms with E-state index < -0.39 is 0 Å². The lowest BCUT2D eigenvalue weighted by atomic mass is 9.99. The molecule has 0 saturated heterocycles. The Morgan fingerprint density at radius 1 is 0.452 bits per heavy atom. The largest absolute Gasteiger partial charge is 0.313 e. The van der Waals surface area contributed by atoms with Gasteiger partial charge < -0.3 is 9.80 Å². The standard InChI is InChI=1S/C40H32N2/c1-5-13-37-31(9-1)17-18-32-10-2-6-14-38(32)41(37)35-25-21-29(22-26-35)30-23-27-36(28-24-30)42-39-15-7-3-11-33(39)19-20-34-12-4-8-16-40(34)42/h1-3,5,7-11,13,15-28H,4,6,12,14H2. The topological polar surface area (TPSA) is 6.48 Å². The van der Waals surface area contributed by atoms with Crippen LogP contribution in [0.25, 0.3) is 23.3 Å². The Morgan fingerprint density at radius 2 is 1.02 bits per heavy atom. The molecule has 0 atom stereocenters. The predicted octanol–water partition coefficient (Wildman–Crippen LogP) is 10.9. The fourth-order valence-electron chi connectivity index (χ4n) is 6.61. The van der Waals surface area contributed by atoms with Crippen molar-refractivity contribution in [1.29, 1.82) is 0 Å². The van der Waals surface area contributed by atoms with Crippen molar-refractivity contribution in [1.82, 2.24) is 0 Å². The van der Waals surface area contributed by atoms with Gasteiger partial charge >= 0.3 is 0 Å². The monoisotopic (exact) mass is 540 g/mol. The van der Waals surface area contributed by atoms with Crippen LogP contribution in [0.1, 0.15) is 36.8 Å². The lowest BCUT2D eigenvalue weighted by Gasteiger charge is -2.30. The molecule has 8 rings (SSSR count). The third kappa shape index (κ3) is 4.28. The maximum Gasteiger partial charge on any atom is 0.0534 e. The van der Waals surface area contributed by atoms with Crippen LogP contribution in [-0.2, 0) is 0 Å². The molecule has 0 amide bonds. The van der Waals surface area contributed by atoms with E-state index in [1.165, 1.54) is 67.5 Å². The molecular formula is C40H32N2. The van der Waals surface area contributed by atoms with Crippen LogP contribution in [-0.4, -0.2) is 0 Å². The molecule has 0 spiro atoms. The number of anilines is 4. The number of para-hydroxylation sites is 2. The molecule has 4 aliphatic rings. The van der Waals surface area contributed by atoms with Crippen LogP contribution in [0.4, 0.5) is 22.7 Å². The molecule has 0 aromatic heterocycles. The number of hydrogen-bond donors (Lipinski definition) is 0. The molecule has 2 aliphatic carbocycles. The lowest BCUT2D eigenvalue weighted by Crippen LogP contribution is -2.19. The number of nitrogens with zero attached hydrogens (tertiary/aromatic N) is 2. The second kappa shape index (κ2) is 10.4. The third-order valence-electron chi connectivity index (χ3n) is 8.72. The van der Waals surface area contributed by atoms with Crippen LogP contribution in [0.2, 0.25) is 0 Å². The van der Waals surface area contributed by atoms with Crippen molar-refractivity contribution in [3.63, 3.8) is 0 Å². The molecule has 2 aliphatic heterocycles. The quantitative estimate of drug-likeness (QED) is 0.255. The molecule has 4 aromatic rings. The van der Waals surface area contributed by atoms with Crippen LogP contribution < -0.4 is 9.80 Å². The Balaban J connectivity index is 1.14. The number of rotatable bonds is 3. The molecule has 42 heavy (non-hydrogen) atoms. The van der Waals surface area contributed by atoms with Crippen LogP contribution in [0.15, 0.2) is 156 Å². The number of fused-ring (bicyclic) bond motifs is 2. The van der Waals surface area contributed by atoms with Crippen LogP contribution in [0, 0.1) is 0 Å². The van der Waals surface area contributed by atoms with Gasteiger partial charge in [0.15, 0.2) is 0 Å². The second-order valence-electron chi connectivity index (χ2n) is 11.2. The smallest absolute Gasteiger partial charge is 0.0534 e. The molecule has 2 heterocycles. The number of benzene rings is 4. The first-order valence-electron chi connectivity index (χ1n) is 15.0. The highest BCUT2D eigenvalue weighted by Crippen LogP contribution is 2.42. The summed E-state index contributed by atoms with van der Waals surface area (Å²) in [6.07, 6.45) is 22.5. The van der Waals surface area contributed by atoms with Crippen LogP contribution in [0.3, 0.4) is 0 Å². The van der Waals surface area contributed by atoms with E-state index in [2.05, 4.69) is 155 Å². The summed E-state index contributed by atoms with van der Waals surface area (Å²) in [5.74, 6) is 0. The van der Waals surface area contributed by atoms with Gasteiger partial charge in [-0.1, -0.05) is 103 Å². The first kappa shape index (κ1) is 24.7. The fourth-order valence-corrected chi connectivity index (χ4v) is 6.61. The van der Waals surface area contributed by atoms with E-state index in [-0.39, 0.29) is 0 Å². The minimum Gasteiger partial charge on any atom is -0.313 e. The number of hydrogen-bond acceptors (Lipinski definition) is 2. The average molecular weight is 541 g/mol. The molecule has 0 radical (unpaired) electrons. The minimum atomic E-state index is 1.04. The van der Waals surface area contributed by atoms with Gasteiger partial charge in [0.1, 0.15) is 0 Å². The van der Waals surface area contributed by atoms with Crippen molar-refractivity contribution in [2.24, 2.45) is 0 Å². The highest BCUT2D eigenvalue weighted by Gasteiger charge is 2.24. The maximum absolute atomic E-state index is 2.45. The van der Waals surface area contributed by atoms with Crippen molar-refractivity contribution >= 4 is 34.9 Å². The minimum absolute atomic E-state index is 1.04. The van der Waals surface area contributed by atoms with E-state index in [4.69, 9.17) is 0 Å². The van der Waals surface area contributed by atoms with E-state index in [9.17, 15) is 0 Å². The molecule has 2 heteroatoms. The van der Waals surface area contributed by atoms with Gasteiger partial charge in [0, 0.05) is 22.8 Å². The molecule has 0 bridgehead atoms. The highest BCUT2D eigenvalue weighted by atomic mass is 15.2. The van der Waals surface area contributed by atoms with Gasteiger partial charge in [-0.3, -0.25) is 0 Å². The van der Waals surface area contributed by atoms with Gasteiger partial charge in [0.05, 0.1) is 11.4 Å². The van der Waals surface area contributed by atoms with Crippen LogP contribution in [0.5, 0.6) is 0 Å². The summed E-state index contributed by atoms with van der Waals surface area (Å²) in [6.45, 7) is 0. The van der Waals surface area contributed by atoms with Gasteiger partial charge in [0.25, 0.3) is 0 Å². The normalized spacial score (nSPS) is 17.0. The Hall–Kier alpha value is -5.08. The Kier molecular flexibility index (Phi) is 6.11. The van der Waals surface area contributed by atoms with Crippen molar-refractivity contribution in [3.05, 3.63) is 167 Å². The molecule has 0 saturated carbocycles. The Labute approximate surface area is 248 Å². The molecule has 0 N–H and O–H groups in total. The average Bonchev–Trinajstić information content (AvgIpc) is 3.33.